The van der Waals surface area contributed by atoms with Gasteiger partial charge in [-0.1, -0.05) is 30.3 Å². The summed E-state index contributed by atoms with van der Waals surface area (Å²) in [5, 5.41) is 4.52. The first-order valence-corrected chi connectivity index (χ1v) is 8.63. The number of imide groups is 1. The van der Waals surface area contributed by atoms with Crippen molar-refractivity contribution < 1.29 is 23.2 Å². The number of hydrogen-bond donors (Lipinski definition) is 3. The monoisotopic (exact) mass is 389 g/mol. The van der Waals surface area contributed by atoms with Gasteiger partial charge in [0.1, 0.15) is 17.7 Å². The van der Waals surface area contributed by atoms with E-state index in [1.807, 2.05) is 30.3 Å². The van der Waals surface area contributed by atoms with E-state index in [1.165, 1.54) is 6.92 Å². The summed E-state index contributed by atoms with van der Waals surface area (Å²) in [5.74, 6) is -3.61. The van der Waals surface area contributed by atoms with Crippen molar-refractivity contribution in [2.24, 2.45) is 5.73 Å². The van der Waals surface area contributed by atoms with Crippen LogP contribution in [0.25, 0.3) is 0 Å². The van der Waals surface area contributed by atoms with Crippen LogP contribution in [-0.4, -0.2) is 29.8 Å². The van der Waals surface area contributed by atoms with Crippen LogP contribution in [0.3, 0.4) is 0 Å². The van der Waals surface area contributed by atoms with Crippen LogP contribution in [0.2, 0.25) is 0 Å². The van der Waals surface area contributed by atoms with Crippen molar-refractivity contribution in [3.63, 3.8) is 0 Å². The molecule has 0 spiro atoms. The third kappa shape index (κ3) is 6.55. The van der Waals surface area contributed by atoms with Crippen LogP contribution in [-0.2, 0) is 27.2 Å². The Morgan fingerprint density at radius 2 is 1.57 bits per heavy atom. The molecular formula is C20H21F2N3O3. The molecule has 4 N–H and O–H groups in total. The van der Waals surface area contributed by atoms with Gasteiger partial charge in [0, 0.05) is 6.07 Å². The first kappa shape index (κ1) is 21.2. The standard InChI is InChI=1S/C20H21F2N3O3/c1-12(24-18(26)10-14-7-15(21)11-16(22)8-14)19(27)25-20(28)17(23)9-13-5-3-2-4-6-13/h2-8,11-12,17H,9-10,23H2,1H3,(H,24,26)(H,25,27,28)/t12-,17-/m0/s1. The van der Waals surface area contributed by atoms with E-state index in [9.17, 15) is 23.2 Å². The molecule has 2 aromatic rings. The maximum Gasteiger partial charge on any atom is 0.248 e. The summed E-state index contributed by atoms with van der Waals surface area (Å²) >= 11 is 0. The van der Waals surface area contributed by atoms with Crippen LogP contribution in [0.1, 0.15) is 18.1 Å². The number of hydrogen-bond acceptors (Lipinski definition) is 4. The topological polar surface area (TPSA) is 101 Å². The summed E-state index contributed by atoms with van der Waals surface area (Å²) < 4.78 is 26.3. The van der Waals surface area contributed by atoms with Crippen LogP contribution in [0, 0.1) is 11.6 Å². The number of amides is 3. The minimum atomic E-state index is -1.03. The molecule has 0 radical (unpaired) electrons. The van der Waals surface area contributed by atoms with Crippen molar-refractivity contribution in [2.45, 2.75) is 31.8 Å². The molecule has 0 bridgehead atoms. The first-order valence-electron chi connectivity index (χ1n) is 8.63. The van der Waals surface area contributed by atoms with Gasteiger partial charge in [-0.2, -0.15) is 0 Å². The normalized spacial score (nSPS) is 12.7. The first-order chi connectivity index (χ1) is 13.2. The molecule has 0 saturated carbocycles. The fourth-order valence-electron chi connectivity index (χ4n) is 2.54. The molecule has 0 aliphatic heterocycles. The quantitative estimate of drug-likeness (QED) is 0.663. The lowest BCUT2D eigenvalue weighted by Crippen LogP contribution is -2.51. The zero-order valence-electron chi connectivity index (χ0n) is 15.2. The molecule has 0 unspecified atom stereocenters. The van der Waals surface area contributed by atoms with Gasteiger partial charge in [-0.15, -0.1) is 0 Å². The van der Waals surface area contributed by atoms with Crippen LogP contribution < -0.4 is 16.4 Å². The summed E-state index contributed by atoms with van der Waals surface area (Å²) in [6.45, 7) is 1.38. The molecule has 0 saturated heterocycles. The van der Waals surface area contributed by atoms with Gasteiger partial charge in [-0.05, 0) is 36.6 Å². The molecule has 0 aliphatic carbocycles. The van der Waals surface area contributed by atoms with Gasteiger partial charge >= 0.3 is 0 Å². The Kier molecular flexibility index (Phi) is 7.34. The summed E-state index contributed by atoms with van der Waals surface area (Å²) in [5.41, 5.74) is 6.78. The number of rotatable bonds is 7. The van der Waals surface area contributed by atoms with Crippen molar-refractivity contribution in [3.05, 3.63) is 71.3 Å². The van der Waals surface area contributed by atoms with E-state index in [-0.39, 0.29) is 18.4 Å². The molecule has 2 aromatic carbocycles. The molecule has 0 fully saturated rings. The van der Waals surface area contributed by atoms with Gasteiger partial charge in [0.05, 0.1) is 12.5 Å². The van der Waals surface area contributed by atoms with Gasteiger partial charge in [0.25, 0.3) is 0 Å². The minimum absolute atomic E-state index is 0.128. The second-order valence-electron chi connectivity index (χ2n) is 6.39. The Hall–Kier alpha value is -3.13. The van der Waals surface area contributed by atoms with E-state index in [2.05, 4.69) is 10.6 Å². The Balaban J connectivity index is 1.84. The zero-order chi connectivity index (χ0) is 20.7. The SMILES string of the molecule is C[C@H](NC(=O)Cc1cc(F)cc(F)c1)C(=O)NC(=O)[C@@H](N)Cc1ccccc1. The average Bonchev–Trinajstić information content (AvgIpc) is 2.61. The highest BCUT2D eigenvalue weighted by molar-refractivity contribution is 6.01. The molecule has 148 valence electrons. The molecule has 6 nitrogen and oxygen atoms in total. The fraction of sp³-hybridized carbons (Fsp3) is 0.250. The van der Waals surface area contributed by atoms with Gasteiger partial charge in [-0.3, -0.25) is 19.7 Å². The van der Waals surface area contributed by atoms with Crippen LogP contribution in [0.4, 0.5) is 8.78 Å². The third-order valence-electron chi connectivity index (χ3n) is 3.94. The number of nitrogens with two attached hydrogens (primary N) is 1. The largest absolute Gasteiger partial charge is 0.344 e. The van der Waals surface area contributed by atoms with E-state index in [0.717, 1.165) is 17.7 Å². The third-order valence-corrected chi connectivity index (χ3v) is 3.94. The predicted octanol–water partition coefficient (Wildman–Crippen LogP) is 1.22. The van der Waals surface area contributed by atoms with Crippen LogP contribution in [0.15, 0.2) is 48.5 Å². The smallest absolute Gasteiger partial charge is 0.248 e. The lowest BCUT2D eigenvalue weighted by Gasteiger charge is -2.16. The maximum absolute atomic E-state index is 13.2. The molecule has 3 amide bonds. The number of benzene rings is 2. The molecule has 28 heavy (non-hydrogen) atoms. The van der Waals surface area contributed by atoms with Crippen molar-refractivity contribution in [1.29, 1.82) is 0 Å². The number of carbonyl (C=O) groups is 3. The minimum Gasteiger partial charge on any atom is -0.344 e. The fourth-order valence-corrected chi connectivity index (χ4v) is 2.54. The Morgan fingerprint density at radius 3 is 2.18 bits per heavy atom. The molecular weight excluding hydrogens is 368 g/mol. The summed E-state index contributed by atoms with van der Waals surface area (Å²) in [7, 11) is 0. The predicted molar refractivity (Wildman–Crippen MR) is 98.9 cm³/mol. The summed E-state index contributed by atoms with van der Waals surface area (Å²) in [6.07, 6.45) is -0.0560. The number of halogens is 2. The van der Waals surface area contributed by atoms with Crippen molar-refractivity contribution in [3.8, 4) is 0 Å². The van der Waals surface area contributed by atoms with E-state index in [0.29, 0.717) is 6.07 Å². The molecule has 2 rings (SSSR count). The van der Waals surface area contributed by atoms with Gasteiger partial charge in [-0.25, -0.2) is 8.78 Å². The van der Waals surface area contributed by atoms with E-state index in [1.54, 1.807) is 0 Å². The van der Waals surface area contributed by atoms with Crippen LogP contribution in [0.5, 0.6) is 0 Å². The number of nitrogens with one attached hydrogen (secondary N) is 2. The van der Waals surface area contributed by atoms with E-state index < -0.39 is 41.4 Å². The lowest BCUT2D eigenvalue weighted by atomic mass is 10.1. The van der Waals surface area contributed by atoms with E-state index >= 15 is 0 Å². The van der Waals surface area contributed by atoms with Crippen molar-refractivity contribution >= 4 is 17.7 Å². The Morgan fingerprint density at radius 1 is 0.964 bits per heavy atom. The highest BCUT2D eigenvalue weighted by atomic mass is 19.1. The summed E-state index contributed by atoms with van der Waals surface area (Å²) in [6, 6.07) is 9.88. The van der Waals surface area contributed by atoms with Gasteiger partial charge < -0.3 is 11.1 Å². The zero-order valence-corrected chi connectivity index (χ0v) is 15.2. The van der Waals surface area contributed by atoms with Crippen molar-refractivity contribution in [2.75, 3.05) is 0 Å². The highest BCUT2D eigenvalue weighted by Gasteiger charge is 2.22. The Bertz CT molecular complexity index is 839. The van der Waals surface area contributed by atoms with E-state index in [4.69, 9.17) is 5.73 Å². The molecule has 2 atom stereocenters. The summed E-state index contributed by atoms with van der Waals surface area (Å²) in [4.78, 5) is 36.1. The molecule has 0 aromatic heterocycles. The van der Waals surface area contributed by atoms with Gasteiger partial charge in [0.15, 0.2) is 0 Å². The lowest BCUT2D eigenvalue weighted by molar-refractivity contribution is -0.134. The van der Waals surface area contributed by atoms with Crippen molar-refractivity contribution in [1.82, 2.24) is 10.6 Å². The molecule has 0 aliphatic rings. The number of carbonyl (C=O) groups excluding carboxylic acids is 3. The maximum atomic E-state index is 13.2. The molecule has 8 heteroatoms. The van der Waals surface area contributed by atoms with Crippen LogP contribution >= 0.6 is 0 Å². The second-order valence-corrected chi connectivity index (χ2v) is 6.39. The average molecular weight is 389 g/mol. The Labute approximate surface area is 161 Å². The second kappa shape index (κ2) is 9.70. The van der Waals surface area contributed by atoms with Gasteiger partial charge in [0.2, 0.25) is 17.7 Å². The highest BCUT2D eigenvalue weighted by Crippen LogP contribution is 2.08. The molecule has 0 heterocycles.